The van der Waals surface area contributed by atoms with Gasteiger partial charge < -0.3 is 5.32 Å². The molecule has 0 fully saturated rings. The number of nitrogens with one attached hydrogen (secondary N) is 1. The average Bonchev–Trinajstić information content (AvgIpc) is 2.79. The second kappa shape index (κ2) is 6.00. The third-order valence-electron chi connectivity index (χ3n) is 2.75. The van der Waals surface area contributed by atoms with Gasteiger partial charge in [-0.3, -0.25) is 9.67 Å². The van der Waals surface area contributed by atoms with Gasteiger partial charge in [0, 0.05) is 17.2 Å². The molecule has 18 heavy (non-hydrogen) atoms. The highest BCUT2D eigenvalue weighted by Gasteiger charge is 2.05. The lowest BCUT2D eigenvalue weighted by molar-refractivity contribution is 0.619. The van der Waals surface area contributed by atoms with E-state index in [4.69, 9.17) is 0 Å². The fraction of sp³-hybridized carbons (Fsp3) is 0.385. The van der Waals surface area contributed by atoms with Crippen LogP contribution in [0.5, 0.6) is 0 Å². The van der Waals surface area contributed by atoms with Gasteiger partial charge in [0.25, 0.3) is 0 Å². The molecule has 2 aromatic heterocycles. The van der Waals surface area contributed by atoms with Gasteiger partial charge in [-0.25, -0.2) is 0 Å². The van der Waals surface area contributed by atoms with Crippen molar-refractivity contribution in [3.8, 4) is 0 Å². The Hall–Kier alpha value is -1.36. The maximum Gasteiger partial charge on any atom is 0.0625 e. The van der Waals surface area contributed by atoms with Crippen molar-refractivity contribution in [3.63, 3.8) is 0 Å². The van der Waals surface area contributed by atoms with E-state index in [1.165, 1.54) is 5.69 Å². The first-order chi connectivity index (χ1) is 8.72. The lowest BCUT2D eigenvalue weighted by atomic mass is 10.3. The van der Waals surface area contributed by atoms with E-state index < -0.39 is 0 Å². The summed E-state index contributed by atoms with van der Waals surface area (Å²) in [5.74, 6) is 0. The van der Waals surface area contributed by atoms with E-state index in [1.807, 2.05) is 16.9 Å². The molecule has 0 aromatic carbocycles. The van der Waals surface area contributed by atoms with Crippen molar-refractivity contribution >= 4 is 21.6 Å². The Morgan fingerprint density at radius 3 is 2.78 bits per heavy atom. The van der Waals surface area contributed by atoms with E-state index in [0.717, 1.165) is 35.4 Å². The van der Waals surface area contributed by atoms with Crippen LogP contribution in [-0.4, -0.2) is 14.8 Å². The highest BCUT2D eigenvalue weighted by atomic mass is 79.9. The molecule has 0 bridgehead atoms. The molecule has 2 rings (SSSR count). The maximum atomic E-state index is 4.53. The standard InChI is InChI=1S/C13H17BrN4/c1-3-11-6-13(18(4-2)17-11)9-16-12-5-10(14)7-15-8-12/h5-8,16H,3-4,9H2,1-2H3. The third-order valence-corrected chi connectivity index (χ3v) is 3.19. The van der Waals surface area contributed by atoms with Gasteiger partial charge in [-0.05, 0) is 41.4 Å². The number of halogens is 1. The van der Waals surface area contributed by atoms with Crippen LogP contribution in [0, 0.1) is 0 Å². The van der Waals surface area contributed by atoms with Crippen LogP contribution < -0.4 is 5.32 Å². The Labute approximate surface area is 116 Å². The Kier molecular flexibility index (Phi) is 4.36. The molecule has 0 unspecified atom stereocenters. The van der Waals surface area contributed by atoms with Crippen LogP contribution in [0.1, 0.15) is 25.2 Å². The summed E-state index contributed by atoms with van der Waals surface area (Å²) >= 11 is 3.41. The smallest absolute Gasteiger partial charge is 0.0625 e. The van der Waals surface area contributed by atoms with Gasteiger partial charge >= 0.3 is 0 Å². The normalized spacial score (nSPS) is 10.6. The van der Waals surface area contributed by atoms with Gasteiger partial charge in [-0.2, -0.15) is 5.10 Å². The van der Waals surface area contributed by atoms with Gasteiger partial charge in [0.2, 0.25) is 0 Å². The summed E-state index contributed by atoms with van der Waals surface area (Å²) in [6.07, 6.45) is 4.56. The molecule has 0 spiro atoms. The summed E-state index contributed by atoms with van der Waals surface area (Å²) in [4.78, 5) is 4.13. The molecule has 96 valence electrons. The Bertz CT molecular complexity index is 521. The first-order valence-corrected chi connectivity index (χ1v) is 6.92. The van der Waals surface area contributed by atoms with Crippen LogP contribution in [0.25, 0.3) is 0 Å². The minimum absolute atomic E-state index is 0.763. The van der Waals surface area contributed by atoms with Crippen molar-refractivity contribution < 1.29 is 0 Å². The van der Waals surface area contributed by atoms with Crippen LogP contribution in [-0.2, 0) is 19.5 Å². The van der Waals surface area contributed by atoms with E-state index >= 15 is 0 Å². The molecule has 0 saturated carbocycles. The molecule has 0 aliphatic rings. The highest BCUT2D eigenvalue weighted by molar-refractivity contribution is 9.10. The zero-order valence-electron chi connectivity index (χ0n) is 10.7. The molecular formula is C13H17BrN4. The van der Waals surface area contributed by atoms with E-state index in [1.54, 1.807) is 6.20 Å². The summed E-state index contributed by atoms with van der Waals surface area (Å²) in [6, 6.07) is 4.17. The molecule has 2 heterocycles. The predicted molar refractivity (Wildman–Crippen MR) is 76.5 cm³/mol. The monoisotopic (exact) mass is 308 g/mol. The van der Waals surface area contributed by atoms with Crippen LogP contribution in [0.2, 0.25) is 0 Å². The SMILES string of the molecule is CCc1cc(CNc2cncc(Br)c2)n(CC)n1. The predicted octanol–water partition coefficient (Wildman–Crippen LogP) is 3.24. The minimum atomic E-state index is 0.763. The zero-order chi connectivity index (χ0) is 13.0. The van der Waals surface area contributed by atoms with Crippen molar-refractivity contribution in [2.24, 2.45) is 0 Å². The van der Waals surface area contributed by atoms with Gasteiger partial charge in [0.05, 0.1) is 29.8 Å². The summed E-state index contributed by atoms with van der Waals surface area (Å²) in [7, 11) is 0. The lowest BCUT2D eigenvalue weighted by Gasteiger charge is -2.07. The van der Waals surface area contributed by atoms with Crippen LogP contribution in [0.3, 0.4) is 0 Å². The molecule has 0 saturated heterocycles. The number of rotatable bonds is 5. The topological polar surface area (TPSA) is 42.7 Å². The second-order valence-corrected chi connectivity index (χ2v) is 4.96. The molecule has 2 aromatic rings. The van der Waals surface area contributed by atoms with Crippen LogP contribution in [0.4, 0.5) is 5.69 Å². The molecule has 0 aliphatic heterocycles. The third kappa shape index (κ3) is 3.10. The minimum Gasteiger partial charge on any atom is -0.378 e. The molecule has 5 heteroatoms. The molecule has 0 radical (unpaired) electrons. The van der Waals surface area contributed by atoms with Crippen molar-refractivity contribution in [2.75, 3.05) is 5.32 Å². The van der Waals surface area contributed by atoms with Crippen molar-refractivity contribution in [1.82, 2.24) is 14.8 Å². The molecular weight excluding hydrogens is 292 g/mol. The molecule has 0 amide bonds. The average molecular weight is 309 g/mol. The molecule has 0 atom stereocenters. The lowest BCUT2D eigenvalue weighted by Crippen LogP contribution is -2.08. The largest absolute Gasteiger partial charge is 0.378 e. The highest BCUT2D eigenvalue weighted by Crippen LogP contribution is 2.15. The number of aromatic nitrogens is 3. The Balaban J connectivity index is 2.07. The Morgan fingerprint density at radius 2 is 2.11 bits per heavy atom. The van der Waals surface area contributed by atoms with Gasteiger partial charge in [0.15, 0.2) is 0 Å². The summed E-state index contributed by atoms with van der Waals surface area (Å²) in [5, 5.41) is 7.89. The van der Waals surface area contributed by atoms with E-state index in [0.29, 0.717) is 0 Å². The second-order valence-electron chi connectivity index (χ2n) is 4.04. The fourth-order valence-corrected chi connectivity index (χ4v) is 2.17. The number of nitrogens with zero attached hydrogens (tertiary/aromatic N) is 3. The van der Waals surface area contributed by atoms with Crippen LogP contribution >= 0.6 is 15.9 Å². The van der Waals surface area contributed by atoms with Crippen molar-refractivity contribution in [3.05, 3.63) is 40.4 Å². The van der Waals surface area contributed by atoms with E-state index in [2.05, 4.69) is 51.2 Å². The number of hydrogen-bond donors (Lipinski definition) is 1. The van der Waals surface area contributed by atoms with Gasteiger partial charge in [-0.15, -0.1) is 0 Å². The summed E-state index contributed by atoms with van der Waals surface area (Å²) in [5.41, 5.74) is 3.35. The van der Waals surface area contributed by atoms with Crippen LogP contribution in [0.15, 0.2) is 29.0 Å². The summed E-state index contributed by atoms with van der Waals surface area (Å²) < 4.78 is 3.02. The first-order valence-electron chi connectivity index (χ1n) is 6.13. The van der Waals surface area contributed by atoms with Gasteiger partial charge in [0.1, 0.15) is 0 Å². The molecule has 0 aliphatic carbocycles. The Morgan fingerprint density at radius 1 is 1.28 bits per heavy atom. The van der Waals surface area contributed by atoms with E-state index in [9.17, 15) is 0 Å². The number of aryl methyl sites for hydroxylation is 2. The number of pyridine rings is 1. The molecule has 4 nitrogen and oxygen atoms in total. The van der Waals surface area contributed by atoms with Gasteiger partial charge in [-0.1, -0.05) is 6.92 Å². The van der Waals surface area contributed by atoms with Crippen molar-refractivity contribution in [1.29, 1.82) is 0 Å². The number of anilines is 1. The van der Waals surface area contributed by atoms with Crippen molar-refractivity contribution in [2.45, 2.75) is 33.4 Å². The quantitative estimate of drug-likeness (QED) is 0.922. The summed E-state index contributed by atoms with van der Waals surface area (Å²) in [6.45, 7) is 5.89. The zero-order valence-corrected chi connectivity index (χ0v) is 12.2. The molecule has 1 N–H and O–H groups in total. The van der Waals surface area contributed by atoms with E-state index in [-0.39, 0.29) is 0 Å². The first kappa shape index (κ1) is 13.1. The maximum absolute atomic E-state index is 4.53. The fourth-order valence-electron chi connectivity index (χ4n) is 1.80. The number of hydrogen-bond acceptors (Lipinski definition) is 3.